The van der Waals surface area contributed by atoms with Crippen molar-refractivity contribution in [2.75, 3.05) is 0 Å². The van der Waals surface area contributed by atoms with Gasteiger partial charge in [0, 0.05) is 28.9 Å². The van der Waals surface area contributed by atoms with Gasteiger partial charge in [0.1, 0.15) is 0 Å². The van der Waals surface area contributed by atoms with Gasteiger partial charge >= 0.3 is 0 Å². The number of hydrogen-bond acceptors (Lipinski definition) is 0. The second-order valence-electron chi connectivity index (χ2n) is 14.2. The summed E-state index contributed by atoms with van der Waals surface area (Å²) in [5.41, 5.74) is 11.5. The molecular formula is C47H37N. The first-order chi connectivity index (χ1) is 23.4. The number of para-hydroxylation sites is 1. The average Bonchev–Trinajstić information content (AvgIpc) is 3.40. The minimum atomic E-state index is 0.0509. The summed E-state index contributed by atoms with van der Waals surface area (Å²) in [4.78, 5) is 0. The number of fused-ring (bicyclic) bond motifs is 6. The molecule has 0 fully saturated rings. The van der Waals surface area contributed by atoms with E-state index >= 15 is 0 Å². The molecule has 9 aromatic rings. The predicted octanol–water partition coefficient (Wildman–Crippen LogP) is 13.1. The van der Waals surface area contributed by atoms with Gasteiger partial charge in [-0.25, -0.2) is 0 Å². The van der Waals surface area contributed by atoms with Gasteiger partial charge in [0.05, 0.1) is 0 Å². The Morgan fingerprint density at radius 3 is 1.56 bits per heavy atom. The molecule has 0 atom stereocenters. The van der Waals surface area contributed by atoms with Crippen LogP contribution in [-0.4, -0.2) is 4.57 Å². The largest absolute Gasteiger partial charge is 0.344 e. The molecule has 0 N–H and O–H groups in total. The fraction of sp³-hybridized carbons (Fsp3) is 0.106. The minimum Gasteiger partial charge on any atom is -0.344 e. The Morgan fingerprint density at radius 2 is 0.896 bits per heavy atom. The SMILES string of the molecule is Cn1c2ccccc2c2cc(-c3cccc(-c4c5ccccc5c(-c5ccc(C(C)(C)C)c6ccccc56)c5ccccc45)c3)ccc21. The summed E-state index contributed by atoms with van der Waals surface area (Å²) >= 11 is 0. The van der Waals surface area contributed by atoms with Crippen LogP contribution in [0.3, 0.4) is 0 Å². The van der Waals surface area contributed by atoms with Crippen LogP contribution in [0.2, 0.25) is 0 Å². The fourth-order valence-electron chi connectivity index (χ4n) is 8.10. The lowest BCUT2D eigenvalue weighted by Gasteiger charge is -2.24. The standard InChI is InChI=1S/C47H37N/c1-47(2,3)42-26-25-40(33-16-5-6-17-34(33)42)46-38-21-9-7-19-36(38)45(37-20-8-10-22-39(37)46)32-15-13-14-30(28-32)31-24-27-44-41(29-31)35-18-11-12-23-43(35)48(44)4/h5-29H,1-4H3. The molecular weight excluding hydrogens is 579 g/mol. The van der Waals surface area contributed by atoms with Crippen LogP contribution in [0.15, 0.2) is 152 Å². The topological polar surface area (TPSA) is 4.93 Å². The zero-order chi connectivity index (χ0) is 32.6. The highest BCUT2D eigenvalue weighted by Crippen LogP contribution is 2.47. The molecule has 0 saturated heterocycles. The number of nitrogens with zero attached hydrogens (tertiary/aromatic N) is 1. The summed E-state index contributed by atoms with van der Waals surface area (Å²) in [7, 11) is 2.16. The van der Waals surface area contributed by atoms with Crippen molar-refractivity contribution >= 4 is 54.1 Å². The summed E-state index contributed by atoms with van der Waals surface area (Å²) in [5, 5.41) is 10.3. The van der Waals surface area contributed by atoms with Gasteiger partial charge < -0.3 is 4.57 Å². The van der Waals surface area contributed by atoms with E-state index in [1.54, 1.807) is 0 Å². The predicted molar refractivity (Wildman–Crippen MR) is 208 cm³/mol. The van der Waals surface area contributed by atoms with Crippen molar-refractivity contribution in [1.29, 1.82) is 0 Å². The Labute approximate surface area is 281 Å². The molecule has 9 rings (SSSR count). The van der Waals surface area contributed by atoms with Crippen molar-refractivity contribution < 1.29 is 0 Å². The van der Waals surface area contributed by atoms with Crippen LogP contribution >= 0.6 is 0 Å². The van der Waals surface area contributed by atoms with Gasteiger partial charge in [-0.2, -0.15) is 0 Å². The van der Waals surface area contributed by atoms with E-state index in [4.69, 9.17) is 0 Å². The summed E-state index contributed by atoms with van der Waals surface area (Å²) in [6, 6.07) is 56.4. The maximum absolute atomic E-state index is 2.38. The Morgan fingerprint density at radius 1 is 0.375 bits per heavy atom. The number of benzene rings is 8. The normalized spacial score (nSPS) is 12.2. The minimum absolute atomic E-state index is 0.0509. The maximum atomic E-state index is 2.38. The van der Waals surface area contributed by atoms with Crippen LogP contribution < -0.4 is 0 Å². The van der Waals surface area contributed by atoms with E-state index in [0.29, 0.717) is 0 Å². The van der Waals surface area contributed by atoms with Crippen molar-refractivity contribution in [3.63, 3.8) is 0 Å². The van der Waals surface area contributed by atoms with E-state index in [-0.39, 0.29) is 5.41 Å². The highest BCUT2D eigenvalue weighted by Gasteiger charge is 2.22. The van der Waals surface area contributed by atoms with E-state index < -0.39 is 0 Å². The molecule has 8 aromatic carbocycles. The third-order valence-corrected chi connectivity index (χ3v) is 10.3. The van der Waals surface area contributed by atoms with Crippen molar-refractivity contribution in [1.82, 2.24) is 4.57 Å². The fourth-order valence-corrected chi connectivity index (χ4v) is 8.10. The highest BCUT2D eigenvalue weighted by molar-refractivity contribution is 6.23. The molecule has 0 aliphatic carbocycles. The Hall–Kier alpha value is -5.66. The van der Waals surface area contributed by atoms with Crippen molar-refractivity contribution in [3.05, 3.63) is 157 Å². The molecule has 0 radical (unpaired) electrons. The molecule has 0 aliphatic heterocycles. The van der Waals surface area contributed by atoms with Crippen LogP contribution in [0.1, 0.15) is 26.3 Å². The lowest BCUT2D eigenvalue weighted by molar-refractivity contribution is 0.596. The van der Waals surface area contributed by atoms with Gasteiger partial charge in [0.15, 0.2) is 0 Å². The molecule has 0 aliphatic rings. The van der Waals surface area contributed by atoms with Gasteiger partial charge in [-0.3, -0.25) is 0 Å². The number of aromatic nitrogens is 1. The van der Waals surface area contributed by atoms with Gasteiger partial charge in [-0.15, -0.1) is 0 Å². The Kier molecular flexibility index (Phi) is 6.36. The van der Waals surface area contributed by atoms with Gasteiger partial charge in [0.25, 0.3) is 0 Å². The first kappa shape index (κ1) is 28.6. The van der Waals surface area contributed by atoms with E-state index in [1.807, 2.05) is 0 Å². The van der Waals surface area contributed by atoms with Crippen molar-refractivity contribution in [2.24, 2.45) is 7.05 Å². The third kappa shape index (κ3) is 4.31. The van der Waals surface area contributed by atoms with E-state index in [0.717, 1.165) is 0 Å². The monoisotopic (exact) mass is 615 g/mol. The van der Waals surface area contributed by atoms with Crippen molar-refractivity contribution in [2.45, 2.75) is 26.2 Å². The molecule has 0 spiro atoms. The maximum Gasteiger partial charge on any atom is 0.0489 e. The average molecular weight is 616 g/mol. The third-order valence-electron chi connectivity index (χ3n) is 10.3. The lowest BCUT2D eigenvalue weighted by Crippen LogP contribution is -2.11. The van der Waals surface area contributed by atoms with Gasteiger partial charge in [0.2, 0.25) is 0 Å². The Balaban J connectivity index is 1.29. The zero-order valence-corrected chi connectivity index (χ0v) is 27.9. The van der Waals surface area contributed by atoms with E-state index in [2.05, 4.69) is 184 Å². The smallest absolute Gasteiger partial charge is 0.0489 e. The van der Waals surface area contributed by atoms with E-state index in [9.17, 15) is 0 Å². The van der Waals surface area contributed by atoms with Crippen LogP contribution in [0.25, 0.3) is 87.5 Å². The summed E-state index contributed by atoms with van der Waals surface area (Å²) < 4.78 is 2.30. The molecule has 48 heavy (non-hydrogen) atoms. The summed E-state index contributed by atoms with van der Waals surface area (Å²) in [6.07, 6.45) is 0. The van der Waals surface area contributed by atoms with Crippen molar-refractivity contribution in [3.8, 4) is 33.4 Å². The van der Waals surface area contributed by atoms with Crippen LogP contribution in [-0.2, 0) is 12.5 Å². The second-order valence-corrected chi connectivity index (χ2v) is 14.2. The molecule has 0 saturated carbocycles. The number of aryl methyl sites for hydroxylation is 1. The molecule has 0 unspecified atom stereocenters. The molecule has 1 nitrogen and oxygen atoms in total. The second kappa shape index (κ2) is 10.7. The van der Waals surface area contributed by atoms with Crippen LogP contribution in [0.4, 0.5) is 0 Å². The first-order valence-electron chi connectivity index (χ1n) is 16.9. The molecule has 1 aromatic heterocycles. The highest BCUT2D eigenvalue weighted by atomic mass is 14.9. The van der Waals surface area contributed by atoms with E-state index in [1.165, 1.54) is 93.1 Å². The molecule has 0 amide bonds. The summed E-state index contributed by atoms with van der Waals surface area (Å²) in [6.45, 7) is 6.92. The quantitative estimate of drug-likeness (QED) is 0.174. The lowest BCUT2D eigenvalue weighted by atomic mass is 9.80. The molecule has 0 bridgehead atoms. The number of rotatable bonds is 3. The molecule has 230 valence electrons. The molecule has 1 heterocycles. The summed E-state index contributed by atoms with van der Waals surface area (Å²) in [5.74, 6) is 0. The van der Waals surface area contributed by atoms with Crippen LogP contribution in [0, 0.1) is 0 Å². The van der Waals surface area contributed by atoms with Gasteiger partial charge in [-0.1, -0.05) is 148 Å². The Bertz CT molecular complexity index is 2660. The van der Waals surface area contributed by atoms with Crippen LogP contribution in [0.5, 0.6) is 0 Å². The number of hydrogen-bond donors (Lipinski definition) is 0. The molecule has 1 heteroatoms. The zero-order valence-electron chi connectivity index (χ0n) is 27.9. The van der Waals surface area contributed by atoms with Gasteiger partial charge in [-0.05, 0) is 101 Å². The first-order valence-corrected chi connectivity index (χ1v) is 16.9.